The van der Waals surface area contributed by atoms with Crippen LogP contribution >= 0.6 is 0 Å². The Morgan fingerprint density at radius 1 is 0.633 bits per heavy atom. The van der Waals surface area contributed by atoms with Crippen LogP contribution in [0, 0.1) is 0 Å². The SMILES string of the molecule is CCOc1ccccc1NC(=O)c1ccccc1C(=O)Nc1ccccc1OCC. The van der Waals surface area contributed by atoms with Crippen LogP contribution in [0.5, 0.6) is 11.5 Å². The minimum atomic E-state index is -0.397. The van der Waals surface area contributed by atoms with Gasteiger partial charge in [0.15, 0.2) is 0 Å². The summed E-state index contributed by atoms with van der Waals surface area (Å²) in [7, 11) is 0. The zero-order valence-corrected chi connectivity index (χ0v) is 17.0. The van der Waals surface area contributed by atoms with Crippen LogP contribution < -0.4 is 20.1 Å². The number of hydrogen-bond donors (Lipinski definition) is 2. The number of benzene rings is 3. The summed E-state index contributed by atoms with van der Waals surface area (Å²) in [4.78, 5) is 25.9. The first-order valence-corrected chi connectivity index (χ1v) is 9.79. The first kappa shape index (κ1) is 20.9. The van der Waals surface area contributed by atoms with E-state index in [2.05, 4.69) is 10.6 Å². The number of anilines is 2. The van der Waals surface area contributed by atoms with Crippen LogP contribution in [0.25, 0.3) is 0 Å². The van der Waals surface area contributed by atoms with Crippen molar-refractivity contribution >= 4 is 23.2 Å². The summed E-state index contributed by atoms with van der Waals surface area (Å²) >= 11 is 0. The minimum absolute atomic E-state index is 0.259. The van der Waals surface area contributed by atoms with Gasteiger partial charge in [0.25, 0.3) is 11.8 Å². The fourth-order valence-corrected chi connectivity index (χ4v) is 2.96. The lowest BCUT2D eigenvalue weighted by atomic mass is 10.1. The maximum absolute atomic E-state index is 12.9. The number of carbonyl (C=O) groups is 2. The van der Waals surface area contributed by atoms with Crippen LogP contribution in [-0.2, 0) is 0 Å². The monoisotopic (exact) mass is 404 g/mol. The molecule has 154 valence electrons. The molecule has 0 saturated heterocycles. The maximum atomic E-state index is 12.9. The molecule has 0 fully saturated rings. The van der Waals surface area contributed by atoms with Crippen molar-refractivity contribution < 1.29 is 19.1 Å². The third kappa shape index (κ3) is 4.97. The van der Waals surface area contributed by atoms with Gasteiger partial charge >= 0.3 is 0 Å². The van der Waals surface area contributed by atoms with Gasteiger partial charge in [0.05, 0.1) is 35.7 Å². The van der Waals surface area contributed by atoms with Crippen molar-refractivity contribution in [2.24, 2.45) is 0 Å². The van der Waals surface area contributed by atoms with Gasteiger partial charge in [-0.1, -0.05) is 36.4 Å². The molecule has 3 aromatic rings. The molecule has 2 amide bonds. The molecule has 3 aromatic carbocycles. The van der Waals surface area contributed by atoms with Crippen molar-refractivity contribution in [3.05, 3.63) is 83.9 Å². The van der Waals surface area contributed by atoms with Crippen LogP contribution in [0.4, 0.5) is 11.4 Å². The van der Waals surface area contributed by atoms with E-state index in [4.69, 9.17) is 9.47 Å². The number of rotatable bonds is 8. The molecule has 0 atom stereocenters. The molecule has 0 heterocycles. The molecular weight excluding hydrogens is 380 g/mol. The van der Waals surface area contributed by atoms with Crippen molar-refractivity contribution in [2.75, 3.05) is 23.8 Å². The average Bonchev–Trinajstić information content (AvgIpc) is 2.77. The standard InChI is InChI=1S/C24H24N2O4/c1-3-29-21-15-9-7-13-19(21)25-23(27)17-11-5-6-12-18(17)24(28)26-20-14-8-10-16-22(20)30-4-2/h5-16H,3-4H2,1-2H3,(H,25,27)(H,26,28). The van der Waals surface area contributed by atoms with Gasteiger partial charge in [-0.3, -0.25) is 9.59 Å². The lowest BCUT2D eigenvalue weighted by Gasteiger charge is -2.14. The van der Waals surface area contributed by atoms with Crippen molar-refractivity contribution in [1.29, 1.82) is 0 Å². The van der Waals surface area contributed by atoms with E-state index in [-0.39, 0.29) is 11.1 Å². The predicted octanol–water partition coefficient (Wildman–Crippen LogP) is 4.99. The quantitative estimate of drug-likeness (QED) is 0.555. The summed E-state index contributed by atoms with van der Waals surface area (Å²) in [5, 5.41) is 5.67. The van der Waals surface area contributed by atoms with Gasteiger partial charge in [-0.25, -0.2) is 0 Å². The first-order valence-electron chi connectivity index (χ1n) is 9.79. The molecule has 0 aliphatic heterocycles. The summed E-state index contributed by atoms with van der Waals surface area (Å²) in [6.07, 6.45) is 0. The van der Waals surface area contributed by atoms with E-state index in [1.54, 1.807) is 60.7 Å². The normalized spacial score (nSPS) is 10.2. The molecule has 6 nitrogen and oxygen atoms in total. The molecule has 0 aliphatic rings. The third-order valence-corrected chi connectivity index (χ3v) is 4.29. The first-order chi connectivity index (χ1) is 14.6. The highest BCUT2D eigenvalue weighted by Crippen LogP contribution is 2.26. The van der Waals surface area contributed by atoms with Crippen LogP contribution in [-0.4, -0.2) is 25.0 Å². The summed E-state index contributed by atoms with van der Waals surface area (Å²) in [5.74, 6) is 0.346. The van der Waals surface area contributed by atoms with Crippen molar-refractivity contribution in [2.45, 2.75) is 13.8 Å². The van der Waals surface area contributed by atoms with E-state index in [9.17, 15) is 9.59 Å². The lowest BCUT2D eigenvalue weighted by molar-refractivity contribution is 0.0990. The molecule has 0 aliphatic carbocycles. The van der Waals surface area contributed by atoms with Crippen molar-refractivity contribution in [3.8, 4) is 11.5 Å². The Labute approximate surface area is 175 Å². The fraction of sp³-hybridized carbons (Fsp3) is 0.167. The highest BCUT2D eigenvalue weighted by Gasteiger charge is 2.19. The molecule has 0 unspecified atom stereocenters. The second-order valence-corrected chi connectivity index (χ2v) is 6.31. The summed E-state index contributed by atoms with van der Waals surface area (Å²) in [5.41, 5.74) is 1.60. The predicted molar refractivity (Wildman–Crippen MR) is 118 cm³/mol. The number of nitrogens with one attached hydrogen (secondary N) is 2. The molecule has 0 radical (unpaired) electrons. The van der Waals surface area contributed by atoms with Crippen molar-refractivity contribution in [1.82, 2.24) is 0 Å². The van der Waals surface area contributed by atoms with Gasteiger partial charge in [0, 0.05) is 0 Å². The Morgan fingerprint density at radius 3 is 1.40 bits per heavy atom. The average molecular weight is 404 g/mol. The molecule has 0 bridgehead atoms. The molecule has 0 aromatic heterocycles. The Morgan fingerprint density at radius 2 is 1.00 bits per heavy atom. The second-order valence-electron chi connectivity index (χ2n) is 6.31. The number of carbonyl (C=O) groups excluding carboxylic acids is 2. The van der Waals surface area contributed by atoms with E-state index in [0.29, 0.717) is 36.1 Å². The zero-order valence-electron chi connectivity index (χ0n) is 17.0. The zero-order chi connectivity index (χ0) is 21.3. The van der Waals surface area contributed by atoms with Crippen molar-refractivity contribution in [3.63, 3.8) is 0 Å². The Hall–Kier alpha value is -3.80. The number of para-hydroxylation sites is 4. The smallest absolute Gasteiger partial charge is 0.256 e. The molecule has 2 N–H and O–H groups in total. The largest absolute Gasteiger partial charge is 0.492 e. The topological polar surface area (TPSA) is 76.7 Å². The number of amides is 2. The van der Waals surface area contributed by atoms with Crippen LogP contribution in [0.3, 0.4) is 0 Å². The maximum Gasteiger partial charge on any atom is 0.256 e. The van der Waals surface area contributed by atoms with Crippen LogP contribution in [0.1, 0.15) is 34.6 Å². The fourth-order valence-electron chi connectivity index (χ4n) is 2.96. The van der Waals surface area contributed by atoms with Gasteiger partial charge in [-0.15, -0.1) is 0 Å². The molecule has 6 heteroatoms. The highest BCUT2D eigenvalue weighted by atomic mass is 16.5. The van der Waals surface area contributed by atoms with Gasteiger partial charge in [-0.2, -0.15) is 0 Å². The molecule has 3 rings (SSSR count). The van der Waals surface area contributed by atoms with Crippen LogP contribution in [0.2, 0.25) is 0 Å². The van der Waals surface area contributed by atoms with Gasteiger partial charge in [0.1, 0.15) is 11.5 Å². The highest BCUT2D eigenvalue weighted by molar-refractivity contribution is 6.15. The molecular formula is C24H24N2O4. The van der Waals surface area contributed by atoms with E-state index in [0.717, 1.165) is 0 Å². The minimum Gasteiger partial charge on any atom is -0.492 e. The van der Waals surface area contributed by atoms with E-state index in [1.165, 1.54) is 0 Å². The Kier molecular flexibility index (Phi) is 7.05. The molecule has 30 heavy (non-hydrogen) atoms. The summed E-state index contributed by atoms with van der Waals surface area (Å²) in [6.45, 7) is 4.70. The van der Waals surface area contributed by atoms with E-state index < -0.39 is 11.8 Å². The second kappa shape index (κ2) is 10.1. The third-order valence-electron chi connectivity index (χ3n) is 4.29. The number of ether oxygens (including phenoxy) is 2. The molecule has 0 saturated carbocycles. The summed E-state index contributed by atoms with van der Waals surface area (Å²) in [6, 6.07) is 21.0. The van der Waals surface area contributed by atoms with E-state index in [1.807, 2.05) is 26.0 Å². The van der Waals surface area contributed by atoms with Gasteiger partial charge in [0.2, 0.25) is 0 Å². The lowest BCUT2D eigenvalue weighted by Crippen LogP contribution is -2.20. The van der Waals surface area contributed by atoms with Gasteiger partial charge in [-0.05, 0) is 50.2 Å². The Bertz CT molecular complexity index is 950. The van der Waals surface area contributed by atoms with Gasteiger partial charge < -0.3 is 20.1 Å². The number of hydrogen-bond acceptors (Lipinski definition) is 4. The summed E-state index contributed by atoms with van der Waals surface area (Å²) < 4.78 is 11.1. The Balaban J connectivity index is 1.84. The van der Waals surface area contributed by atoms with E-state index >= 15 is 0 Å². The van der Waals surface area contributed by atoms with Crippen LogP contribution in [0.15, 0.2) is 72.8 Å². The molecule has 0 spiro atoms.